The van der Waals surface area contributed by atoms with Gasteiger partial charge in [0.1, 0.15) is 17.7 Å². The van der Waals surface area contributed by atoms with Crippen LogP contribution in [-0.2, 0) is 19.1 Å². The van der Waals surface area contributed by atoms with E-state index in [4.69, 9.17) is 9.47 Å². The summed E-state index contributed by atoms with van der Waals surface area (Å²) >= 11 is 0. The first-order valence-electron chi connectivity index (χ1n) is 5.94. The molecular formula is C12H21NO4. The summed E-state index contributed by atoms with van der Waals surface area (Å²) in [6.07, 6.45) is 1.19. The molecule has 0 aromatic rings. The van der Waals surface area contributed by atoms with Crippen LogP contribution in [0.1, 0.15) is 40.5 Å². The fourth-order valence-corrected chi connectivity index (χ4v) is 1.54. The van der Waals surface area contributed by atoms with Crippen molar-refractivity contribution in [3.63, 3.8) is 0 Å². The molecule has 0 aliphatic carbocycles. The SMILES string of the molecule is C[C@@H](NC(=O)[C@@H]1CCCO1)C(=O)OC(C)(C)C. The molecule has 2 atom stereocenters. The zero-order valence-corrected chi connectivity index (χ0v) is 10.9. The molecule has 1 aliphatic heterocycles. The highest BCUT2D eigenvalue weighted by atomic mass is 16.6. The van der Waals surface area contributed by atoms with Crippen LogP contribution in [0.3, 0.4) is 0 Å². The zero-order valence-electron chi connectivity index (χ0n) is 10.9. The first-order valence-corrected chi connectivity index (χ1v) is 5.94. The molecule has 1 saturated heterocycles. The van der Waals surface area contributed by atoms with Gasteiger partial charge in [0.05, 0.1) is 0 Å². The molecule has 5 nitrogen and oxygen atoms in total. The Balaban J connectivity index is 2.40. The van der Waals surface area contributed by atoms with Gasteiger partial charge in [-0.2, -0.15) is 0 Å². The highest BCUT2D eigenvalue weighted by molar-refractivity contribution is 5.86. The minimum absolute atomic E-state index is 0.235. The maximum atomic E-state index is 11.7. The Hall–Kier alpha value is -1.10. The van der Waals surface area contributed by atoms with Crippen LogP contribution in [0.5, 0.6) is 0 Å². The number of hydrogen-bond donors (Lipinski definition) is 1. The second-order valence-electron chi connectivity index (χ2n) is 5.27. The second-order valence-corrected chi connectivity index (χ2v) is 5.27. The molecule has 0 aromatic carbocycles. The van der Waals surface area contributed by atoms with E-state index in [9.17, 15) is 9.59 Å². The molecule has 0 bridgehead atoms. The Kier molecular flexibility index (Phi) is 4.51. The smallest absolute Gasteiger partial charge is 0.328 e. The molecule has 0 radical (unpaired) electrons. The maximum absolute atomic E-state index is 11.7. The summed E-state index contributed by atoms with van der Waals surface area (Å²) in [7, 11) is 0. The van der Waals surface area contributed by atoms with E-state index < -0.39 is 23.7 Å². The van der Waals surface area contributed by atoms with Crippen LogP contribution < -0.4 is 5.32 Å². The number of carbonyl (C=O) groups excluding carboxylic acids is 2. The number of nitrogens with one attached hydrogen (secondary N) is 1. The fourth-order valence-electron chi connectivity index (χ4n) is 1.54. The minimum atomic E-state index is -0.647. The van der Waals surface area contributed by atoms with Gasteiger partial charge < -0.3 is 14.8 Å². The van der Waals surface area contributed by atoms with E-state index in [0.717, 1.165) is 6.42 Å². The summed E-state index contributed by atoms with van der Waals surface area (Å²) in [5.74, 6) is -0.662. The number of hydrogen-bond acceptors (Lipinski definition) is 4. The molecule has 1 heterocycles. The molecule has 5 heteroatoms. The van der Waals surface area contributed by atoms with E-state index in [1.54, 1.807) is 27.7 Å². The highest BCUT2D eigenvalue weighted by Gasteiger charge is 2.28. The lowest BCUT2D eigenvalue weighted by molar-refractivity contribution is -0.158. The molecular weight excluding hydrogens is 222 g/mol. The molecule has 0 unspecified atom stereocenters. The van der Waals surface area contributed by atoms with Crippen LogP contribution in [0.4, 0.5) is 0 Å². The summed E-state index contributed by atoms with van der Waals surface area (Å²) in [5, 5.41) is 2.61. The van der Waals surface area contributed by atoms with Crippen molar-refractivity contribution in [3.8, 4) is 0 Å². The van der Waals surface area contributed by atoms with Crippen molar-refractivity contribution in [1.29, 1.82) is 0 Å². The highest BCUT2D eigenvalue weighted by Crippen LogP contribution is 2.13. The van der Waals surface area contributed by atoms with Crippen LogP contribution in [0.15, 0.2) is 0 Å². The Labute approximate surface area is 102 Å². The van der Waals surface area contributed by atoms with E-state index in [2.05, 4.69) is 5.32 Å². The minimum Gasteiger partial charge on any atom is -0.458 e. The molecule has 1 rings (SSSR count). The van der Waals surface area contributed by atoms with Gasteiger partial charge in [0.25, 0.3) is 0 Å². The third-order valence-electron chi connectivity index (χ3n) is 2.34. The van der Waals surface area contributed by atoms with Crippen molar-refractivity contribution < 1.29 is 19.1 Å². The normalized spacial score (nSPS) is 22.0. The number of rotatable bonds is 3. The number of ether oxygens (including phenoxy) is 2. The van der Waals surface area contributed by atoms with Crippen LogP contribution in [0.25, 0.3) is 0 Å². The predicted octanol–water partition coefficient (Wildman–Crippen LogP) is 1.01. The van der Waals surface area contributed by atoms with Gasteiger partial charge in [-0.25, -0.2) is 4.79 Å². The molecule has 1 N–H and O–H groups in total. The zero-order chi connectivity index (χ0) is 13.1. The van der Waals surface area contributed by atoms with Crippen molar-refractivity contribution in [1.82, 2.24) is 5.32 Å². The Morgan fingerprint density at radius 1 is 1.41 bits per heavy atom. The molecule has 1 fully saturated rings. The first-order chi connectivity index (χ1) is 7.79. The standard InChI is InChI=1S/C12H21NO4/c1-8(11(15)17-12(2,3)4)13-10(14)9-6-5-7-16-9/h8-9H,5-7H2,1-4H3,(H,13,14)/t8-,9+/m1/s1. The second kappa shape index (κ2) is 5.49. The average molecular weight is 243 g/mol. The topological polar surface area (TPSA) is 64.6 Å². The largest absolute Gasteiger partial charge is 0.458 e. The van der Waals surface area contributed by atoms with E-state index in [1.165, 1.54) is 0 Å². The molecule has 98 valence electrons. The van der Waals surface area contributed by atoms with Gasteiger partial charge in [0.15, 0.2) is 0 Å². The first kappa shape index (κ1) is 14.0. The van der Waals surface area contributed by atoms with Crippen molar-refractivity contribution in [2.45, 2.75) is 58.3 Å². The quantitative estimate of drug-likeness (QED) is 0.751. The van der Waals surface area contributed by atoms with Gasteiger partial charge >= 0.3 is 5.97 Å². The van der Waals surface area contributed by atoms with E-state index >= 15 is 0 Å². The van der Waals surface area contributed by atoms with E-state index in [1.807, 2.05) is 0 Å². The Morgan fingerprint density at radius 3 is 2.53 bits per heavy atom. The van der Waals surface area contributed by atoms with Gasteiger partial charge in [-0.05, 0) is 40.5 Å². The fraction of sp³-hybridized carbons (Fsp3) is 0.833. The van der Waals surface area contributed by atoms with Crippen molar-refractivity contribution in [2.24, 2.45) is 0 Å². The molecule has 0 spiro atoms. The van der Waals surface area contributed by atoms with Gasteiger partial charge in [-0.15, -0.1) is 0 Å². The third kappa shape index (κ3) is 4.73. The summed E-state index contributed by atoms with van der Waals surface area (Å²) in [6, 6.07) is -0.647. The Bertz CT molecular complexity index is 289. The maximum Gasteiger partial charge on any atom is 0.328 e. The lowest BCUT2D eigenvalue weighted by Crippen LogP contribution is -2.45. The van der Waals surface area contributed by atoms with Crippen LogP contribution >= 0.6 is 0 Å². The molecule has 1 aliphatic rings. The third-order valence-corrected chi connectivity index (χ3v) is 2.34. The number of esters is 1. The number of carbonyl (C=O) groups is 2. The van der Waals surface area contributed by atoms with Crippen molar-refractivity contribution >= 4 is 11.9 Å². The predicted molar refractivity (Wildman–Crippen MR) is 62.4 cm³/mol. The molecule has 0 saturated carbocycles. The summed E-state index contributed by atoms with van der Waals surface area (Å²) in [6.45, 7) is 7.60. The van der Waals surface area contributed by atoms with Crippen molar-refractivity contribution in [2.75, 3.05) is 6.61 Å². The summed E-state index contributed by atoms with van der Waals surface area (Å²) in [5.41, 5.74) is -0.542. The van der Waals surface area contributed by atoms with Crippen molar-refractivity contribution in [3.05, 3.63) is 0 Å². The van der Waals surface area contributed by atoms with Gasteiger partial charge in [-0.1, -0.05) is 0 Å². The van der Waals surface area contributed by atoms with Crippen LogP contribution in [0, 0.1) is 0 Å². The van der Waals surface area contributed by atoms with Crippen LogP contribution in [0.2, 0.25) is 0 Å². The summed E-state index contributed by atoms with van der Waals surface area (Å²) < 4.78 is 10.4. The van der Waals surface area contributed by atoms with Gasteiger partial charge in [0, 0.05) is 6.61 Å². The van der Waals surface area contributed by atoms with Crippen LogP contribution in [-0.4, -0.2) is 36.2 Å². The molecule has 0 aromatic heterocycles. The number of amides is 1. The van der Waals surface area contributed by atoms with E-state index in [-0.39, 0.29) is 5.91 Å². The lowest BCUT2D eigenvalue weighted by Gasteiger charge is -2.23. The molecule has 1 amide bonds. The Morgan fingerprint density at radius 2 is 2.06 bits per heavy atom. The van der Waals surface area contributed by atoms with Gasteiger partial charge in [0.2, 0.25) is 5.91 Å². The average Bonchev–Trinajstić information content (AvgIpc) is 2.67. The van der Waals surface area contributed by atoms with E-state index in [0.29, 0.717) is 13.0 Å². The summed E-state index contributed by atoms with van der Waals surface area (Å²) in [4.78, 5) is 23.3. The monoisotopic (exact) mass is 243 g/mol. The lowest BCUT2D eigenvalue weighted by atomic mass is 10.2. The van der Waals surface area contributed by atoms with Gasteiger partial charge in [-0.3, -0.25) is 4.79 Å². The molecule has 17 heavy (non-hydrogen) atoms.